The molecule has 0 atom stereocenters. The van der Waals surface area contributed by atoms with E-state index in [9.17, 15) is 9.18 Å². The van der Waals surface area contributed by atoms with Crippen molar-refractivity contribution in [3.05, 3.63) is 58.4 Å². The first kappa shape index (κ1) is 12.4. The van der Waals surface area contributed by atoms with Crippen molar-refractivity contribution in [3.8, 4) is 0 Å². The van der Waals surface area contributed by atoms with Crippen molar-refractivity contribution in [2.75, 3.05) is 0 Å². The second-order valence-electron chi connectivity index (χ2n) is 3.58. The van der Waals surface area contributed by atoms with Crippen LogP contribution in [0.1, 0.15) is 21.9 Å². The largest absolute Gasteiger partial charge is 0.477 e. The number of hydrogen-bond acceptors (Lipinski definition) is 3. The number of halogens is 2. The SMILES string of the molecule is O=C(O)c1ccnc(Cc2ccc(F)cc2Cl)n1. The van der Waals surface area contributed by atoms with Crippen LogP contribution in [0.4, 0.5) is 4.39 Å². The lowest BCUT2D eigenvalue weighted by Gasteiger charge is -2.04. The van der Waals surface area contributed by atoms with Gasteiger partial charge in [0.15, 0.2) is 5.69 Å². The van der Waals surface area contributed by atoms with Gasteiger partial charge in [0, 0.05) is 17.6 Å². The Kier molecular flexibility index (Phi) is 3.53. The Balaban J connectivity index is 2.28. The molecule has 1 N–H and O–H groups in total. The van der Waals surface area contributed by atoms with Crippen LogP contribution in [-0.4, -0.2) is 21.0 Å². The van der Waals surface area contributed by atoms with Gasteiger partial charge in [0.1, 0.15) is 11.6 Å². The average molecular weight is 267 g/mol. The Hall–Kier alpha value is -2.01. The molecule has 18 heavy (non-hydrogen) atoms. The number of aromatic nitrogens is 2. The number of carbonyl (C=O) groups is 1. The minimum atomic E-state index is -1.12. The first-order valence-electron chi connectivity index (χ1n) is 5.05. The maximum absolute atomic E-state index is 12.9. The molecule has 0 unspecified atom stereocenters. The molecule has 0 saturated heterocycles. The Morgan fingerprint density at radius 3 is 2.83 bits per heavy atom. The first-order valence-corrected chi connectivity index (χ1v) is 5.43. The third-order valence-corrected chi connectivity index (χ3v) is 2.64. The van der Waals surface area contributed by atoms with E-state index in [1.54, 1.807) is 0 Å². The summed E-state index contributed by atoms with van der Waals surface area (Å²) in [4.78, 5) is 18.6. The van der Waals surface area contributed by atoms with Crippen LogP contribution in [0.3, 0.4) is 0 Å². The molecule has 0 bridgehead atoms. The number of hydrogen-bond donors (Lipinski definition) is 1. The van der Waals surface area contributed by atoms with Crippen LogP contribution in [0.5, 0.6) is 0 Å². The van der Waals surface area contributed by atoms with Crippen molar-refractivity contribution >= 4 is 17.6 Å². The molecule has 6 heteroatoms. The van der Waals surface area contributed by atoms with Crippen molar-refractivity contribution in [2.24, 2.45) is 0 Å². The van der Waals surface area contributed by atoms with E-state index in [1.807, 2.05) is 0 Å². The van der Waals surface area contributed by atoms with Crippen LogP contribution in [0.25, 0.3) is 0 Å². The highest BCUT2D eigenvalue weighted by atomic mass is 35.5. The molecule has 0 amide bonds. The zero-order chi connectivity index (χ0) is 13.1. The lowest BCUT2D eigenvalue weighted by Crippen LogP contribution is -2.05. The first-order chi connectivity index (χ1) is 8.56. The van der Waals surface area contributed by atoms with Crippen molar-refractivity contribution < 1.29 is 14.3 Å². The molecule has 2 aromatic rings. The van der Waals surface area contributed by atoms with Crippen LogP contribution < -0.4 is 0 Å². The topological polar surface area (TPSA) is 63.1 Å². The fraction of sp³-hybridized carbons (Fsp3) is 0.0833. The quantitative estimate of drug-likeness (QED) is 0.927. The number of aromatic carboxylic acids is 1. The van der Waals surface area contributed by atoms with E-state index in [-0.39, 0.29) is 17.1 Å². The Morgan fingerprint density at radius 2 is 2.17 bits per heavy atom. The molecule has 0 aliphatic rings. The molecule has 0 aliphatic carbocycles. The van der Waals surface area contributed by atoms with Gasteiger partial charge in [-0.1, -0.05) is 17.7 Å². The summed E-state index contributed by atoms with van der Waals surface area (Å²) in [6, 6.07) is 5.30. The molecule has 0 aliphatic heterocycles. The smallest absolute Gasteiger partial charge is 0.354 e. The fourth-order valence-electron chi connectivity index (χ4n) is 1.44. The minimum Gasteiger partial charge on any atom is -0.477 e. The molecule has 0 saturated carbocycles. The van der Waals surface area contributed by atoms with Gasteiger partial charge in [-0.2, -0.15) is 0 Å². The van der Waals surface area contributed by atoms with Gasteiger partial charge in [-0.15, -0.1) is 0 Å². The predicted octanol–water partition coefficient (Wildman–Crippen LogP) is 2.56. The van der Waals surface area contributed by atoms with Gasteiger partial charge >= 0.3 is 5.97 Å². The highest BCUT2D eigenvalue weighted by molar-refractivity contribution is 6.31. The van der Waals surface area contributed by atoms with Crippen LogP contribution in [-0.2, 0) is 6.42 Å². The van der Waals surface area contributed by atoms with E-state index >= 15 is 0 Å². The zero-order valence-electron chi connectivity index (χ0n) is 9.10. The van der Waals surface area contributed by atoms with E-state index in [0.29, 0.717) is 11.4 Å². The van der Waals surface area contributed by atoms with E-state index in [1.165, 1.54) is 30.5 Å². The van der Waals surface area contributed by atoms with Gasteiger partial charge in [0.05, 0.1) is 0 Å². The molecule has 1 aromatic carbocycles. The van der Waals surface area contributed by atoms with Gasteiger partial charge in [0.2, 0.25) is 0 Å². The molecular weight excluding hydrogens is 259 g/mol. The van der Waals surface area contributed by atoms with Gasteiger partial charge < -0.3 is 5.11 Å². The van der Waals surface area contributed by atoms with Gasteiger partial charge in [-0.25, -0.2) is 19.2 Å². The molecule has 1 heterocycles. The number of nitrogens with zero attached hydrogens (tertiary/aromatic N) is 2. The summed E-state index contributed by atoms with van der Waals surface area (Å²) in [6.45, 7) is 0. The second kappa shape index (κ2) is 5.10. The number of benzene rings is 1. The fourth-order valence-corrected chi connectivity index (χ4v) is 1.67. The molecule has 4 nitrogen and oxygen atoms in total. The molecule has 92 valence electrons. The van der Waals surface area contributed by atoms with Crippen molar-refractivity contribution in [2.45, 2.75) is 6.42 Å². The van der Waals surface area contributed by atoms with Gasteiger partial charge in [-0.05, 0) is 23.8 Å². The van der Waals surface area contributed by atoms with Crippen LogP contribution in [0.2, 0.25) is 5.02 Å². The third kappa shape index (κ3) is 2.81. The standard InChI is InChI=1S/C12H8ClFN2O2/c13-9-6-8(14)2-1-7(9)5-11-15-4-3-10(16-11)12(17)18/h1-4,6H,5H2,(H,17,18). The van der Waals surface area contributed by atoms with Gasteiger partial charge in [0.25, 0.3) is 0 Å². The summed E-state index contributed by atoms with van der Waals surface area (Å²) in [5.41, 5.74) is 0.554. The lowest BCUT2D eigenvalue weighted by atomic mass is 10.1. The Bertz CT molecular complexity index is 604. The highest BCUT2D eigenvalue weighted by Gasteiger charge is 2.09. The second-order valence-corrected chi connectivity index (χ2v) is 3.98. The van der Waals surface area contributed by atoms with E-state index in [2.05, 4.69) is 9.97 Å². The van der Waals surface area contributed by atoms with E-state index < -0.39 is 11.8 Å². The van der Waals surface area contributed by atoms with Crippen LogP contribution >= 0.6 is 11.6 Å². The number of rotatable bonds is 3. The molecule has 2 rings (SSSR count). The number of carboxylic acids is 1. The van der Waals surface area contributed by atoms with Crippen LogP contribution in [0, 0.1) is 5.82 Å². The molecule has 0 radical (unpaired) electrons. The van der Waals surface area contributed by atoms with Crippen LogP contribution in [0.15, 0.2) is 30.5 Å². The zero-order valence-corrected chi connectivity index (χ0v) is 9.86. The summed E-state index contributed by atoms with van der Waals surface area (Å²) in [5.74, 6) is -1.23. The van der Waals surface area contributed by atoms with Crippen molar-refractivity contribution in [1.82, 2.24) is 9.97 Å². The maximum Gasteiger partial charge on any atom is 0.354 e. The minimum absolute atomic E-state index is 0.0850. The summed E-state index contributed by atoms with van der Waals surface area (Å²) >= 11 is 5.87. The van der Waals surface area contributed by atoms with E-state index in [0.717, 1.165) is 0 Å². The summed E-state index contributed by atoms with van der Waals surface area (Å²) in [7, 11) is 0. The Morgan fingerprint density at radius 1 is 1.39 bits per heavy atom. The third-order valence-electron chi connectivity index (χ3n) is 2.29. The maximum atomic E-state index is 12.9. The average Bonchev–Trinajstić information content (AvgIpc) is 2.33. The van der Waals surface area contributed by atoms with Gasteiger partial charge in [-0.3, -0.25) is 0 Å². The highest BCUT2D eigenvalue weighted by Crippen LogP contribution is 2.19. The Labute approximate surface area is 107 Å². The summed E-state index contributed by atoms with van der Waals surface area (Å²) in [5, 5.41) is 9.06. The summed E-state index contributed by atoms with van der Waals surface area (Å²) < 4.78 is 12.9. The van der Waals surface area contributed by atoms with Crippen molar-refractivity contribution in [3.63, 3.8) is 0 Å². The molecule has 0 fully saturated rings. The molecule has 1 aromatic heterocycles. The predicted molar refractivity (Wildman–Crippen MR) is 63.2 cm³/mol. The number of carboxylic acid groups (broad SMARTS) is 1. The van der Waals surface area contributed by atoms with Crippen molar-refractivity contribution in [1.29, 1.82) is 0 Å². The normalized spacial score (nSPS) is 10.3. The monoisotopic (exact) mass is 266 g/mol. The summed E-state index contributed by atoms with van der Waals surface area (Å²) in [6.07, 6.45) is 1.61. The lowest BCUT2D eigenvalue weighted by molar-refractivity contribution is 0.0690. The molecule has 0 spiro atoms. The molecular formula is C12H8ClFN2O2. The van der Waals surface area contributed by atoms with E-state index in [4.69, 9.17) is 16.7 Å².